The topological polar surface area (TPSA) is 92.7 Å². The van der Waals surface area contributed by atoms with Gasteiger partial charge in [-0.15, -0.1) is 11.3 Å². The lowest BCUT2D eigenvalue weighted by Gasteiger charge is -2.18. The summed E-state index contributed by atoms with van der Waals surface area (Å²) in [6.07, 6.45) is 2.28. The Bertz CT molecular complexity index is 580. The maximum Gasteiger partial charge on any atom is 0.308 e. The van der Waals surface area contributed by atoms with E-state index in [4.69, 9.17) is 9.84 Å². The van der Waals surface area contributed by atoms with E-state index in [1.54, 1.807) is 7.11 Å². The Morgan fingerprint density at radius 2 is 2.25 bits per heavy atom. The van der Waals surface area contributed by atoms with Crippen LogP contribution in [-0.2, 0) is 26.0 Å². The number of aliphatic carboxylic acids is 1. The molecule has 6 nitrogen and oxygen atoms in total. The van der Waals surface area contributed by atoms with Gasteiger partial charge in [-0.05, 0) is 31.4 Å². The van der Waals surface area contributed by atoms with Crippen LogP contribution in [-0.4, -0.2) is 38.7 Å². The van der Waals surface area contributed by atoms with Crippen molar-refractivity contribution >= 4 is 27.3 Å². The third-order valence-electron chi connectivity index (χ3n) is 3.29. The largest absolute Gasteiger partial charge is 0.481 e. The van der Waals surface area contributed by atoms with Crippen LogP contribution in [0.5, 0.6) is 0 Å². The molecule has 1 saturated carbocycles. The van der Waals surface area contributed by atoms with Gasteiger partial charge in [0, 0.05) is 18.0 Å². The highest BCUT2D eigenvalue weighted by Gasteiger charge is 2.31. The van der Waals surface area contributed by atoms with Gasteiger partial charge in [0.25, 0.3) is 0 Å². The molecule has 2 atom stereocenters. The van der Waals surface area contributed by atoms with Crippen LogP contribution in [0.25, 0.3) is 0 Å². The maximum atomic E-state index is 12.2. The van der Waals surface area contributed by atoms with Crippen molar-refractivity contribution in [2.24, 2.45) is 0 Å². The molecule has 2 N–H and O–H groups in total. The molecular formula is C12H17NO5S2. The van der Waals surface area contributed by atoms with E-state index in [1.807, 2.05) is 0 Å². The zero-order valence-electron chi connectivity index (χ0n) is 11.0. The normalized spacial score (nSPS) is 23.1. The molecule has 1 aromatic rings. The third-order valence-corrected chi connectivity index (χ3v) is 6.36. The van der Waals surface area contributed by atoms with Crippen LogP contribution in [0.4, 0.5) is 0 Å². The molecular weight excluding hydrogens is 302 g/mol. The summed E-state index contributed by atoms with van der Waals surface area (Å²) < 4.78 is 32.6. The summed E-state index contributed by atoms with van der Waals surface area (Å²) in [4.78, 5) is 11.1. The van der Waals surface area contributed by atoms with E-state index in [0.717, 1.165) is 30.6 Å². The Morgan fingerprint density at radius 1 is 1.50 bits per heavy atom. The van der Waals surface area contributed by atoms with Gasteiger partial charge in [0.05, 0.1) is 12.5 Å². The first kappa shape index (κ1) is 15.4. The number of sulfonamides is 1. The standard InChI is InChI=1S/C12H17NO5S2/c1-18-10-4-2-3-9(10)13-20(16,17)12-6-5-8(19-12)7-11(14)15/h5-6,9-10,13H,2-4,7H2,1H3,(H,14,15). The molecule has 0 amide bonds. The predicted molar refractivity (Wildman–Crippen MR) is 74.4 cm³/mol. The van der Waals surface area contributed by atoms with Gasteiger partial charge >= 0.3 is 5.97 Å². The molecule has 8 heteroatoms. The van der Waals surface area contributed by atoms with E-state index in [0.29, 0.717) is 4.88 Å². The molecule has 0 saturated heterocycles. The maximum absolute atomic E-state index is 12.2. The highest BCUT2D eigenvalue weighted by molar-refractivity contribution is 7.91. The predicted octanol–water partition coefficient (Wildman–Crippen LogP) is 1.22. The summed E-state index contributed by atoms with van der Waals surface area (Å²) in [5.41, 5.74) is 0. The van der Waals surface area contributed by atoms with Crippen LogP contribution in [0.3, 0.4) is 0 Å². The lowest BCUT2D eigenvalue weighted by atomic mass is 10.2. The molecule has 0 spiro atoms. The minimum Gasteiger partial charge on any atom is -0.481 e. The molecule has 112 valence electrons. The van der Waals surface area contributed by atoms with E-state index in [2.05, 4.69) is 4.72 Å². The Hall–Kier alpha value is -0.960. The number of nitrogens with one attached hydrogen (secondary N) is 1. The molecule has 2 unspecified atom stereocenters. The number of thiophene rings is 1. The van der Waals surface area contributed by atoms with Crippen molar-refractivity contribution in [1.29, 1.82) is 0 Å². The Balaban J connectivity index is 2.10. The van der Waals surface area contributed by atoms with E-state index >= 15 is 0 Å². The molecule has 0 radical (unpaired) electrons. The number of carboxylic acid groups (broad SMARTS) is 1. The summed E-state index contributed by atoms with van der Waals surface area (Å²) in [7, 11) is -2.03. The lowest BCUT2D eigenvalue weighted by Crippen LogP contribution is -2.40. The fraction of sp³-hybridized carbons (Fsp3) is 0.583. The highest BCUT2D eigenvalue weighted by Crippen LogP contribution is 2.26. The van der Waals surface area contributed by atoms with Crippen LogP contribution in [0.2, 0.25) is 0 Å². The summed E-state index contributed by atoms with van der Waals surface area (Å²) in [6.45, 7) is 0. The molecule has 0 aliphatic heterocycles. The van der Waals surface area contributed by atoms with Crippen molar-refractivity contribution in [2.75, 3.05) is 7.11 Å². The van der Waals surface area contributed by atoms with Gasteiger partial charge in [0.2, 0.25) is 10.0 Å². The number of carboxylic acids is 1. The Labute approximate surface area is 121 Å². The van der Waals surface area contributed by atoms with Crippen LogP contribution in [0.1, 0.15) is 24.1 Å². The average Bonchev–Trinajstić information content (AvgIpc) is 2.97. The summed E-state index contributed by atoms with van der Waals surface area (Å²) in [6, 6.07) is 2.77. The van der Waals surface area contributed by atoms with Crippen LogP contribution >= 0.6 is 11.3 Å². The molecule has 1 aliphatic rings. The van der Waals surface area contributed by atoms with Crippen molar-refractivity contribution in [3.05, 3.63) is 17.0 Å². The first-order valence-electron chi connectivity index (χ1n) is 6.28. The zero-order valence-corrected chi connectivity index (χ0v) is 12.7. The van der Waals surface area contributed by atoms with Crippen LogP contribution in [0.15, 0.2) is 16.3 Å². The van der Waals surface area contributed by atoms with E-state index in [1.165, 1.54) is 12.1 Å². The van der Waals surface area contributed by atoms with Gasteiger partial charge in [-0.25, -0.2) is 13.1 Å². The second-order valence-corrected chi connectivity index (χ2v) is 7.83. The minimum atomic E-state index is -3.61. The Kier molecular flexibility index (Phi) is 4.79. The smallest absolute Gasteiger partial charge is 0.308 e. The zero-order chi connectivity index (χ0) is 14.8. The first-order valence-corrected chi connectivity index (χ1v) is 8.58. The molecule has 1 fully saturated rings. The van der Waals surface area contributed by atoms with Crippen molar-refractivity contribution in [2.45, 2.75) is 42.0 Å². The van der Waals surface area contributed by atoms with Crippen molar-refractivity contribution in [3.8, 4) is 0 Å². The summed E-state index contributed by atoms with van der Waals surface area (Å²) >= 11 is 0.988. The number of hydrogen-bond donors (Lipinski definition) is 2. The molecule has 1 aliphatic carbocycles. The average molecular weight is 319 g/mol. The van der Waals surface area contributed by atoms with Crippen LogP contribution in [0, 0.1) is 0 Å². The number of rotatable bonds is 6. The van der Waals surface area contributed by atoms with E-state index < -0.39 is 16.0 Å². The molecule has 0 aromatic carbocycles. The van der Waals surface area contributed by atoms with Crippen LogP contribution < -0.4 is 4.72 Å². The fourth-order valence-corrected chi connectivity index (χ4v) is 5.01. The SMILES string of the molecule is COC1CCCC1NS(=O)(=O)c1ccc(CC(=O)O)s1. The first-order chi connectivity index (χ1) is 9.42. The molecule has 2 rings (SSSR count). The number of hydrogen-bond acceptors (Lipinski definition) is 5. The molecule has 20 heavy (non-hydrogen) atoms. The van der Waals surface area contributed by atoms with Crippen molar-refractivity contribution in [3.63, 3.8) is 0 Å². The number of methoxy groups -OCH3 is 1. The van der Waals surface area contributed by atoms with Gasteiger partial charge in [0.1, 0.15) is 4.21 Å². The van der Waals surface area contributed by atoms with E-state index in [9.17, 15) is 13.2 Å². The number of carbonyl (C=O) groups is 1. The molecule has 1 aromatic heterocycles. The quantitative estimate of drug-likeness (QED) is 0.822. The van der Waals surface area contributed by atoms with E-state index in [-0.39, 0.29) is 22.8 Å². The molecule has 0 bridgehead atoms. The van der Waals surface area contributed by atoms with Crippen molar-refractivity contribution in [1.82, 2.24) is 4.72 Å². The monoisotopic (exact) mass is 319 g/mol. The molecule has 1 heterocycles. The lowest BCUT2D eigenvalue weighted by molar-refractivity contribution is -0.136. The minimum absolute atomic E-state index is 0.0942. The Morgan fingerprint density at radius 3 is 2.90 bits per heavy atom. The van der Waals surface area contributed by atoms with Gasteiger partial charge in [-0.2, -0.15) is 0 Å². The van der Waals surface area contributed by atoms with Gasteiger partial charge < -0.3 is 9.84 Å². The fourth-order valence-electron chi connectivity index (χ4n) is 2.35. The van der Waals surface area contributed by atoms with Gasteiger partial charge in [-0.1, -0.05) is 0 Å². The summed E-state index contributed by atoms with van der Waals surface area (Å²) in [5.74, 6) is -0.973. The van der Waals surface area contributed by atoms with Gasteiger partial charge in [-0.3, -0.25) is 4.79 Å². The summed E-state index contributed by atoms with van der Waals surface area (Å²) in [5, 5.41) is 8.70. The number of ether oxygens (including phenoxy) is 1. The van der Waals surface area contributed by atoms with Gasteiger partial charge in [0.15, 0.2) is 0 Å². The third kappa shape index (κ3) is 3.57. The van der Waals surface area contributed by atoms with Crippen molar-refractivity contribution < 1.29 is 23.1 Å². The highest BCUT2D eigenvalue weighted by atomic mass is 32.2. The second kappa shape index (κ2) is 6.21. The second-order valence-electron chi connectivity index (χ2n) is 4.72.